The van der Waals surface area contributed by atoms with Crippen molar-refractivity contribution in [1.29, 1.82) is 0 Å². The van der Waals surface area contributed by atoms with Crippen LogP contribution in [0.5, 0.6) is 5.75 Å². The summed E-state index contributed by atoms with van der Waals surface area (Å²) in [6, 6.07) is 11.5. The fourth-order valence-electron chi connectivity index (χ4n) is 2.02. The van der Waals surface area contributed by atoms with Crippen LogP contribution >= 0.6 is 11.6 Å². The summed E-state index contributed by atoms with van der Waals surface area (Å²) in [5.74, 6) is 5.93. The Hall–Kier alpha value is -1.62. The van der Waals surface area contributed by atoms with Gasteiger partial charge in [0, 0.05) is 10.6 Å². The van der Waals surface area contributed by atoms with Gasteiger partial charge in [-0.3, -0.25) is 5.84 Å². The standard InChI is InChI=1S/C15H16ClFN2O/c1-2-20-12-6-3-10(4-7-12)15(19-18)13-8-5-11(16)9-14(13)17/h3-9,15,19H,2,18H2,1H3. The Kier molecular flexibility index (Phi) is 4.95. The molecule has 0 saturated carbocycles. The maximum absolute atomic E-state index is 14.0. The highest BCUT2D eigenvalue weighted by atomic mass is 35.5. The second kappa shape index (κ2) is 6.70. The highest BCUT2D eigenvalue weighted by Crippen LogP contribution is 2.27. The van der Waals surface area contributed by atoms with Crippen LogP contribution in [0.15, 0.2) is 42.5 Å². The lowest BCUT2D eigenvalue weighted by Crippen LogP contribution is -2.29. The Morgan fingerprint density at radius 1 is 1.25 bits per heavy atom. The third-order valence-corrected chi connectivity index (χ3v) is 3.20. The Bertz CT molecular complexity index is 575. The van der Waals surface area contributed by atoms with Gasteiger partial charge in [0.25, 0.3) is 0 Å². The molecule has 2 aromatic carbocycles. The van der Waals surface area contributed by atoms with E-state index < -0.39 is 11.9 Å². The summed E-state index contributed by atoms with van der Waals surface area (Å²) in [6.45, 7) is 2.52. The largest absolute Gasteiger partial charge is 0.494 e. The summed E-state index contributed by atoms with van der Waals surface area (Å²) in [5.41, 5.74) is 3.91. The molecule has 2 rings (SSSR count). The van der Waals surface area contributed by atoms with Gasteiger partial charge in [0.1, 0.15) is 11.6 Å². The van der Waals surface area contributed by atoms with Crippen molar-refractivity contribution in [3.63, 3.8) is 0 Å². The zero-order valence-electron chi connectivity index (χ0n) is 11.1. The van der Waals surface area contributed by atoms with E-state index in [1.165, 1.54) is 6.07 Å². The molecule has 20 heavy (non-hydrogen) atoms. The van der Waals surface area contributed by atoms with Gasteiger partial charge in [-0.25, -0.2) is 9.82 Å². The third kappa shape index (κ3) is 3.28. The van der Waals surface area contributed by atoms with E-state index >= 15 is 0 Å². The van der Waals surface area contributed by atoms with Crippen molar-refractivity contribution in [3.8, 4) is 5.75 Å². The van der Waals surface area contributed by atoms with Crippen LogP contribution in [0.4, 0.5) is 4.39 Å². The second-order valence-electron chi connectivity index (χ2n) is 4.27. The molecule has 0 aliphatic carbocycles. The molecule has 0 aliphatic rings. The van der Waals surface area contributed by atoms with Crippen LogP contribution in [-0.4, -0.2) is 6.61 Å². The molecule has 0 radical (unpaired) electrons. The smallest absolute Gasteiger partial charge is 0.129 e. The Morgan fingerprint density at radius 2 is 1.95 bits per heavy atom. The summed E-state index contributed by atoms with van der Waals surface area (Å²) >= 11 is 5.76. The van der Waals surface area contributed by atoms with Gasteiger partial charge in [-0.2, -0.15) is 0 Å². The number of nitrogens with one attached hydrogen (secondary N) is 1. The van der Waals surface area contributed by atoms with Crippen molar-refractivity contribution in [2.75, 3.05) is 6.61 Å². The number of hydrazine groups is 1. The van der Waals surface area contributed by atoms with E-state index in [-0.39, 0.29) is 0 Å². The fourth-order valence-corrected chi connectivity index (χ4v) is 2.18. The molecule has 2 aromatic rings. The van der Waals surface area contributed by atoms with E-state index in [0.717, 1.165) is 11.3 Å². The Labute approximate surface area is 122 Å². The van der Waals surface area contributed by atoms with Gasteiger partial charge in [-0.1, -0.05) is 29.8 Å². The van der Waals surface area contributed by atoms with Crippen LogP contribution in [0, 0.1) is 5.82 Å². The van der Waals surface area contributed by atoms with Crippen molar-refractivity contribution in [2.45, 2.75) is 13.0 Å². The second-order valence-corrected chi connectivity index (χ2v) is 4.70. The van der Waals surface area contributed by atoms with Gasteiger partial charge in [-0.05, 0) is 36.8 Å². The van der Waals surface area contributed by atoms with Crippen LogP contribution in [0.3, 0.4) is 0 Å². The van der Waals surface area contributed by atoms with Crippen molar-refractivity contribution in [3.05, 3.63) is 64.4 Å². The van der Waals surface area contributed by atoms with Gasteiger partial charge in [-0.15, -0.1) is 0 Å². The lowest BCUT2D eigenvalue weighted by molar-refractivity contribution is 0.340. The van der Waals surface area contributed by atoms with Crippen LogP contribution in [0.1, 0.15) is 24.1 Å². The summed E-state index contributed by atoms with van der Waals surface area (Å²) in [5, 5.41) is 0.355. The van der Waals surface area contributed by atoms with E-state index in [1.807, 2.05) is 31.2 Å². The van der Waals surface area contributed by atoms with Crippen LogP contribution in [0.25, 0.3) is 0 Å². The van der Waals surface area contributed by atoms with Gasteiger partial charge < -0.3 is 4.74 Å². The Morgan fingerprint density at radius 3 is 2.50 bits per heavy atom. The van der Waals surface area contributed by atoms with Gasteiger partial charge >= 0.3 is 0 Å². The summed E-state index contributed by atoms with van der Waals surface area (Å²) in [6.07, 6.45) is 0. The first-order valence-electron chi connectivity index (χ1n) is 6.29. The minimum atomic E-state index is -0.442. The highest BCUT2D eigenvalue weighted by molar-refractivity contribution is 6.30. The molecular formula is C15H16ClFN2O. The molecule has 0 aromatic heterocycles. The highest BCUT2D eigenvalue weighted by Gasteiger charge is 2.16. The van der Waals surface area contributed by atoms with Crippen molar-refractivity contribution in [1.82, 2.24) is 5.43 Å². The van der Waals surface area contributed by atoms with Gasteiger partial charge in [0.2, 0.25) is 0 Å². The van der Waals surface area contributed by atoms with Gasteiger partial charge in [0.15, 0.2) is 0 Å². The number of nitrogens with two attached hydrogens (primary N) is 1. The lowest BCUT2D eigenvalue weighted by Gasteiger charge is -2.18. The van der Waals surface area contributed by atoms with Crippen molar-refractivity contribution in [2.24, 2.45) is 5.84 Å². The molecule has 3 N–H and O–H groups in total. The number of hydrogen-bond donors (Lipinski definition) is 2. The molecule has 0 saturated heterocycles. The zero-order valence-corrected chi connectivity index (χ0v) is 11.8. The average Bonchev–Trinajstić information content (AvgIpc) is 2.44. The fraction of sp³-hybridized carbons (Fsp3) is 0.200. The first-order chi connectivity index (χ1) is 9.65. The molecule has 0 spiro atoms. The summed E-state index contributed by atoms with van der Waals surface area (Å²) < 4.78 is 19.3. The maximum Gasteiger partial charge on any atom is 0.129 e. The number of hydrogen-bond acceptors (Lipinski definition) is 3. The predicted molar refractivity (Wildman–Crippen MR) is 78.2 cm³/mol. The van der Waals surface area contributed by atoms with E-state index in [9.17, 15) is 4.39 Å². The Balaban J connectivity index is 2.31. The van der Waals surface area contributed by atoms with E-state index in [1.54, 1.807) is 12.1 Å². The monoisotopic (exact) mass is 294 g/mol. The predicted octanol–water partition coefficient (Wildman–Crippen LogP) is 3.43. The molecule has 0 fully saturated rings. The van der Waals surface area contributed by atoms with E-state index in [0.29, 0.717) is 17.2 Å². The van der Waals surface area contributed by atoms with E-state index in [4.69, 9.17) is 22.2 Å². The first-order valence-corrected chi connectivity index (χ1v) is 6.67. The number of ether oxygens (including phenoxy) is 1. The molecular weight excluding hydrogens is 279 g/mol. The molecule has 0 amide bonds. The van der Waals surface area contributed by atoms with Gasteiger partial charge in [0.05, 0.1) is 12.6 Å². The van der Waals surface area contributed by atoms with Crippen LogP contribution in [0.2, 0.25) is 5.02 Å². The number of halogens is 2. The zero-order chi connectivity index (χ0) is 14.5. The SMILES string of the molecule is CCOc1ccc(C(NN)c2ccc(Cl)cc2F)cc1. The molecule has 0 aliphatic heterocycles. The summed E-state index contributed by atoms with van der Waals surface area (Å²) in [4.78, 5) is 0. The maximum atomic E-state index is 14.0. The molecule has 5 heteroatoms. The lowest BCUT2D eigenvalue weighted by atomic mass is 9.99. The molecule has 0 heterocycles. The topological polar surface area (TPSA) is 47.3 Å². The average molecular weight is 295 g/mol. The van der Waals surface area contributed by atoms with Crippen molar-refractivity contribution >= 4 is 11.6 Å². The molecule has 0 bridgehead atoms. The van der Waals surface area contributed by atoms with Crippen LogP contribution < -0.4 is 16.0 Å². The normalized spacial score (nSPS) is 12.2. The molecule has 1 atom stereocenters. The number of rotatable bonds is 5. The third-order valence-electron chi connectivity index (χ3n) is 2.96. The first kappa shape index (κ1) is 14.8. The van der Waals surface area contributed by atoms with Crippen molar-refractivity contribution < 1.29 is 9.13 Å². The molecule has 106 valence electrons. The molecule has 1 unspecified atom stereocenters. The summed E-state index contributed by atoms with van der Waals surface area (Å²) in [7, 11) is 0. The van der Waals surface area contributed by atoms with E-state index in [2.05, 4.69) is 5.43 Å². The van der Waals surface area contributed by atoms with Crippen LogP contribution in [-0.2, 0) is 0 Å². The quantitative estimate of drug-likeness (QED) is 0.656. The minimum absolute atomic E-state index is 0.355. The minimum Gasteiger partial charge on any atom is -0.494 e. The molecule has 3 nitrogen and oxygen atoms in total. The number of benzene rings is 2.